The third-order valence-corrected chi connectivity index (χ3v) is 16.8. The van der Waals surface area contributed by atoms with E-state index in [1.807, 2.05) is 109 Å². The smallest absolute Gasteiger partial charge is 1.00 e. The molecule has 0 atom stereocenters. The Morgan fingerprint density at radius 1 is 0.575 bits per heavy atom. The van der Waals surface area contributed by atoms with Gasteiger partial charge < -0.3 is 86.6 Å². The number of esters is 2. The number of aliphatic imine (C=N–C) groups is 3. The zero-order valence-corrected chi connectivity index (χ0v) is 73.1. The molecule has 0 saturated heterocycles. The van der Waals surface area contributed by atoms with Gasteiger partial charge >= 0.3 is 69.3 Å². The fourth-order valence-electron chi connectivity index (χ4n) is 11.2. The summed E-state index contributed by atoms with van der Waals surface area (Å²) in [6.45, 7) is 32.0. The molecule has 43 heteroatoms. The van der Waals surface area contributed by atoms with Gasteiger partial charge in [0, 0.05) is 107 Å². The van der Waals surface area contributed by atoms with Gasteiger partial charge in [0.05, 0.1) is 42.0 Å². The van der Waals surface area contributed by atoms with E-state index in [0.29, 0.717) is 51.8 Å². The van der Waals surface area contributed by atoms with Crippen LogP contribution in [0.2, 0.25) is 0 Å². The van der Waals surface area contributed by atoms with E-state index >= 15 is 0 Å². The second kappa shape index (κ2) is 49.1. The number of ether oxygens (including phenoxy) is 2. The number of carboxylic acid groups (broad SMARTS) is 2. The van der Waals surface area contributed by atoms with Crippen molar-refractivity contribution in [2.24, 2.45) is 37.3 Å². The number of carbonyl (C=O) groups excluding carboxylic acids is 6. The van der Waals surface area contributed by atoms with Crippen molar-refractivity contribution < 1.29 is 143 Å². The number of carboxylic acids is 1. The number of anilines is 3. The standard InChI is InChI=1S/C24H27N7O2.C22H27N9O.C20H19F3N8.C7H10O4.C2H4O2.CH2O2.CH3.2ClH.3Cu/c1-6-30(7-2)17-11-12-18(16(5)14-17)26-20-21(24(32)33-15(3)4)29-31-22(27-28-23(20)31)19-10-8-9-13-25-19;1-7-30(8-2)15-9-10-16(13(3)11-15)24-18-19(22(32)23-5)28-31-20(25-26-21(18)31)17-12-14(4)29(6)27-17;1-4-30(5-2)13-6-7-14(12(3)10-13)26-16-17(20(21,22)23)29-31-18(27-28-19(16)31)15-11-24-8-9-25-15;1-4(8)6(5(2)9)7(10)11-3;1-2(3)4;2-1-3;;;;;;/h8-15H,6-7H2,1-5H3;9-12H,7-8H2,1-6H3,(H,23,32);6-11H,4-5H2,1-3H3;8H,1-3H3;1H3,(H,3,4);1H,(H,2,3);1H3;2*1H;;;/q;;;;;;-1;;;3*+2/p-5/b;;;6-4+;;;;;;;;. The van der Waals surface area contributed by atoms with Gasteiger partial charge in [-0.25, -0.2) is 29.6 Å². The molecule has 0 saturated carbocycles. The molecule has 0 aliphatic carbocycles. The minimum absolute atomic E-state index is 0. The van der Waals surface area contributed by atoms with E-state index in [-0.39, 0.29) is 130 Å². The monoisotopic (exact) mass is 1840 g/mol. The number of hydrogen-bond donors (Lipinski definition) is 1. The molecular formula is C77H89Cl2Cu3F3N24O11. The number of nitrogens with zero attached hydrogens (tertiary/aromatic N) is 23. The Hall–Kier alpha value is -11.6. The van der Waals surface area contributed by atoms with Crippen molar-refractivity contribution in [2.75, 3.05) is 68.1 Å². The Labute approximate surface area is 735 Å². The maximum absolute atomic E-state index is 13.7. The Balaban J connectivity index is 0.000000797. The Bertz CT molecular complexity index is 5210. The first-order valence-corrected chi connectivity index (χ1v) is 35.7. The van der Waals surface area contributed by atoms with Crippen LogP contribution >= 0.6 is 0 Å². The maximum Gasteiger partial charge on any atom is 2.00 e. The van der Waals surface area contributed by atoms with Crippen molar-refractivity contribution in [1.29, 1.82) is 0 Å². The summed E-state index contributed by atoms with van der Waals surface area (Å²) in [4.78, 5) is 96.8. The number of carbonyl (C=O) groups is 6. The molecule has 12 rings (SSSR count). The predicted molar refractivity (Wildman–Crippen MR) is 422 cm³/mol. The van der Waals surface area contributed by atoms with Gasteiger partial charge in [0.1, 0.15) is 34.2 Å². The van der Waals surface area contributed by atoms with Gasteiger partial charge in [-0.1, -0.05) is 13.0 Å². The third kappa shape index (κ3) is 26.2. The quantitative estimate of drug-likeness (QED) is 0.0161. The molecule has 1 N–H and O–H groups in total. The van der Waals surface area contributed by atoms with E-state index in [0.717, 1.165) is 123 Å². The minimum Gasteiger partial charge on any atom is -1.00 e. The molecule has 120 heavy (non-hydrogen) atoms. The number of hydrogen-bond acceptors (Lipinski definition) is 30. The number of benzene rings is 3. The van der Waals surface area contributed by atoms with Crippen molar-refractivity contribution in [1.82, 2.24) is 74.7 Å². The van der Waals surface area contributed by atoms with Crippen LogP contribution in [0.1, 0.15) is 116 Å². The van der Waals surface area contributed by atoms with Crippen molar-refractivity contribution >= 4 is 104 Å². The van der Waals surface area contributed by atoms with Crippen LogP contribution in [0.15, 0.2) is 145 Å². The number of aryl methyl sites for hydroxylation is 5. The number of halogens is 5. The van der Waals surface area contributed by atoms with Crippen molar-refractivity contribution in [2.45, 2.75) is 116 Å². The fraction of sp³-hybridized carbons (Fsp3) is 0.338. The molecule has 9 aromatic rings. The molecule has 35 nitrogen and oxygen atoms in total. The van der Waals surface area contributed by atoms with Crippen LogP contribution in [-0.4, -0.2) is 205 Å². The number of methoxy groups -OCH3 is 1. The average Bonchev–Trinajstić information content (AvgIpc) is 1.62. The van der Waals surface area contributed by atoms with Gasteiger partial charge in [-0.05, 0) is 186 Å². The van der Waals surface area contributed by atoms with Crippen molar-refractivity contribution in [3.63, 3.8) is 0 Å². The van der Waals surface area contributed by atoms with Crippen molar-refractivity contribution in [3.8, 4) is 34.6 Å². The van der Waals surface area contributed by atoms with Gasteiger partial charge in [-0.3, -0.25) is 24.2 Å². The van der Waals surface area contributed by atoms with E-state index in [4.69, 9.17) is 34.5 Å². The molecule has 0 bridgehead atoms. The molecule has 0 spiro atoms. The molecule has 6 aromatic heterocycles. The fourth-order valence-corrected chi connectivity index (χ4v) is 11.2. The number of pyridine rings is 1. The average molecular weight is 1850 g/mol. The van der Waals surface area contributed by atoms with E-state index in [9.17, 15) is 37.5 Å². The Kier molecular flexibility index (Phi) is 43.5. The number of aromatic nitrogens is 14. The molecule has 9 heterocycles. The normalized spacial score (nSPS) is 12.7. The number of rotatable bonds is 20. The summed E-state index contributed by atoms with van der Waals surface area (Å²) in [5, 5.41) is 72.5. The summed E-state index contributed by atoms with van der Waals surface area (Å²) in [6, 6.07) is 25.0. The van der Waals surface area contributed by atoms with Crippen LogP contribution in [0.3, 0.4) is 0 Å². The summed E-state index contributed by atoms with van der Waals surface area (Å²) in [5.41, 5.74) is 9.38. The summed E-state index contributed by atoms with van der Waals surface area (Å²) in [6.07, 6.45) is 0.902. The van der Waals surface area contributed by atoms with Gasteiger partial charge in [0.25, 0.3) is 5.91 Å². The maximum atomic E-state index is 13.7. The number of allylic oxidation sites excluding steroid dienone is 1. The summed E-state index contributed by atoms with van der Waals surface area (Å²) >= 11 is 0. The first-order valence-electron chi connectivity index (χ1n) is 35.7. The number of Topliss-reactive ketones (excluding diaryl/α,β-unsaturated/α-hetero) is 1. The van der Waals surface area contributed by atoms with E-state index in [2.05, 4.69) is 136 Å². The number of fused-ring (bicyclic) bond motifs is 3. The van der Waals surface area contributed by atoms with Crippen LogP contribution in [-0.2, 0) is 96.5 Å². The molecule has 3 aliphatic heterocycles. The van der Waals surface area contributed by atoms with Crippen molar-refractivity contribution in [3.05, 3.63) is 162 Å². The number of alkyl halides is 3. The van der Waals surface area contributed by atoms with E-state index in [1.54, 1.807) is 37.8 Å². The molecule has 3 aromatic carbocycles. The topological polar surface area (TPSA) is 435 Å². The Morgan fingerprint density at radius 3 is 1.31 bits per heavy atom. The molecule has 1 amide bonds. The van der Waals surface area contributed by atoms with Gasteiger partial charge in [-0.2, -0.15) is 47.6 Å². The summed E-state index contributed by atoms with van der Waals surface area (Å²) in [7, 11) is 4.54. The second-order valence-corrected chi connectivity index (χ2v) is 24.8. The zero-order valence-electron chi connectivity index (χ0n) is 68.8. The van der Waals surface area contributed by atoms with E-state index in [1.165, 1.54) is 27.9 Å². The first kappa shape index (κ1) is 106. The first-order chi connectivity index (χ1) is 54.3. The third-order valence-electron chi connectivity index (χ3n) is 16.8. The van der Waals surface area contributed by atoms with Crippen LogP contribution < -0.4 is 60.2 Å². The zero-order chi connectivity index (χ0) is 84.0. The van der Waals surface area contributed by atoms with E-state index < -0.39 is 53.4 Å². The summed E-state index contributed by atoms with van der Waals surface area (Å²) < 4.78 is 56.7. The second-order valence-electron chi connectivity index (χ2n) is 24.8. The number of nitrogens with one attached hydrogen (secondary N) is 1. The number of amides is 1. The molecule has 3 aliphatic rings. The van der Waals surface area contributed by atoms with Gasteiger partial charge in [-0.15, -0.1) is 36.4 Å². The molecule has 651 valence electrons. The Morgan fingerprint density at radius 2 is 0.967 bits per heavy atom. The van der Waals surface area contributed by atoms with Gasteiger partial charge in [0.2, 0.25) is 34.9 Å². The molecule has 0 unspecified atom stereocenters. The minimum atomic E-state index is -4.71. The van der Waals surface area contributed by atoms with Crippen LogP contribution in [0.25, 0.3) is 34.6 Å². The van der Waals surface area contributed by atoms with Crippen LogP contribution in [0.5, 0.6) is 0 Å². The van der Waals surface area contributed by atoms with Gasteiger partial charge in [0.15, 0.2) is 22.9 Å². The molecule has 3 radical (unpaired) electrons. The molecule has 0 fully saturated rings. The number of aliphatic carboxylic acids is 1. The SMILES string of the molecule is CC(=O)[O-].CCN(CC)c1ccc(N=C2C(C(=O)NC)=Nn3c2nnc3-c2cc(C)n(C)n2)c(C)c1.CCN(CC)c1ccc(N=C2C(C(=O)OC(C)C)=Nn3c2nnc3-c2ccccn2)c(C)c1.CCN(CC)c1ccc(N=C2C(C(F)(F)F)=Nn3c2nnc3-c2cnccn2)c(C)c1.COC(=O)/C(C(C)=O)=C(\C)[O-].O=C[O-].[CH3-].[Cl-].[Cl-].[Cu+2].[Cu+2].[Cu+2]. The van der Waals surface area contributed by atoms with Crippen LogP contribution in [0, 0.1) is 35.1 Å². The summed E-state index contributed by atoms with van der Waals surface area (Å²) in [5.74, 6) is -2.34. The number of ketones is 1. The van der Waals surface area contributed by atoms with Crippen LogP contribution in [0.4, 0.5) is 47.3 Å². The largest absolute Gasteiger partial charge is 2.00 e. The molecular weight excluding hydrogens is 1760 g/mol. The predicted octanol–water partition coefficient (Wildman–Crippen LogP) is 0.757.